The highest BCUT2D eigenvalue weighted by Crippen LogP contribution is 2.22. The van der Waals surface area contributed by atoms with Crippen LogP contribution in [0.25, 0.3) is 0 Å². The molecule has 0 bridgehead atoms. The number of nitrogens with one attached hydrogen (secondary N) is 2. The third-order valence-electron chi connectivity index (χ3n) is 4.10. The molecule has 0 saturated heterocycles. The molecule has 0 saturated carbocycles. The predicted octanol–water partition coefficient (Wildman–Crippen LogP) is 3.46. The normalized spacial score (nSPS) is 11.2. The molecule has 1 amide bonds. The Labute approximate surface area is 190 Å². The number of halogens is 1. The van der Waals surface area contributed by atoms with Gasteiger partial charge in [-0.15, -0.1) is 0 Å². The summed E-state index contributed by atoms with van der Waals surface area (Å²) in [5.41, 5.74) is 1.01. The molecule has 29 heavy (non-hydrogen) atoms. The average Bonchev–Trinajstić information content (AvgIpc) is 2.68. The number of carbonyl (C=O) groups is 1. The first-order valence-corrected chi connectivity index (χ1v) is 11.7. The molecule has 2 aromatic rings. The number of anilines is 1. The molecule has 0 aliphatic heterocycles. The Morgan fingerprint density at radius 2 is 1.76 bits per heavy atom. The highest BCUT2D eigenvalue weighted by Gasteiger charge is 2.21. The Morgan fingerprint density at radius 3 is 2.28 bits per heavy atom. The largest absolute Gasteiger partial charge is 0.496 e. The zero-order chi connectivity index (χ0) is 21.6. The van der Waals surface area contributed by atoms with E-state index in [-0.39, 0.29) is 15.9 Å². The summed E-state index contributed by atoms with van der Waals surface area (Å²) >= 11 is 7.27. The van der Waals surface area contributed by atoms with Gasteiger partial charge in [-0.05, 0) is 77.3 Å². The molecule has 0 heterocycles. The van der Waals surface area contributed by atoms with Gasteiger partial charge in [-0.3, -0.25) is 10.1 Å². The Kier molecular flexibility index (Phi) is 8.37. The molecule has 0 fully saturated rings. The van der Waals surface area contributed by atoms with Gasteiger partial charge in [-0.2, -0.15) is 4.31 Å². The van der Waals surface area contributed by atoms with Crippen molar-refractivity contribution in [1.29, 1.82) is 0 Å². The maximum atomic E-state index is 12.5. The fourth-order valence-electron chi connectivity index (χ4n) is 2.57. The van der Waals surface area contributed by atoms with Crippen molar-refractivity contribution in [3.8, 4) is 5.75 Å². The van der Waals surface area contributed by atoms with Gasteiger partial charge >= 0.3 is 0 Å². The fourth-order valence-corrected chi connectivity index (χ4v) is 4.97. The van der Waals surface area contributed by atoms with E-state index in [9.17, 15) is 13.2 Å². The number of hydrogen-bond acceptors (Lipinski definition) is 5. The van der Waals surface area contributed by atoms with Crippen LogP contribution in [-0.4, -0.2) is 43.9 Å². The van der Waals surface area contributed by atoms with Crippen LogP contribution in [0.15, 0.2) is 47.4 Å². The number of benzene rings is 2. The van der Waals surface area contributed by atoms with Gasteiger partial charge in [-0.1, -0.05) is 13.8 Å². The van der Waals surface area contributed by atoms with Crippen LogP contribution in [-0.2, 0) is 10.0 Å². The van der Waals surface area contributed by atoms with Crippen molar-refractivity contribution < 1.29 is 17.9 Å². The van der Waals surface area contributed by atoms with E-state index < -0.39 is 10.0 Å². The molecular formula is C19H22IN3O4S2. The molecule has 156 valence electrons. The molecule has 0 aliphatic carbocycles. The maximum absolute atomic E-state index is 12.5. The summed E-state index contributed by atoms with van der Waals surface area (Å²) in [6, 6.07) is 11.3. The number of methoxy groups -OCH3 is 1. The zero-order valence-corrected chi connectivity index (χ0v) is 20.0. The molecule has 0 unspecified atom stereocenters. The van der Waals surface area contributed by atoms with Crippen LogP contribution in [0.4, 0.5) is 5.69 Å². The second-order valence-corrected chi connectivity index (χ2v) is 9.38. The van der Waals surface area contributed by atoms with E-state index in [2.05, 4.69) is 33.2 Å². The number of thiocarbonyl (C=S) groups is 1. The van der Waals surface area contributed by atoms with Gasteiger partial charge in [0.05, 0.1) is 15.6 Å². The maximum Gasteiger partial charge on any atom is 0.257 e. The van der Waals surface area contributed by atoms with Gasteiger partial charge in [-0.25, -0.2) is 8.42 Å². The van der Waals surface area contributed by atoms with Crippen LogP contribution < -0.4 is 15.4 Å². The predicted molar refractivity (Wildman–Crippen MR) is 126 cm³/mol. The fraction of sp³-hybridized carbons (Fsp3) is 0.263. The van der Waals surface area contributed by atoms with Crippen molar-refractivity contribution in [1.82, 2.24) is 9.62 Å². The van der Waals surface area contributed by atoms with Gasteiger partial charge in [0.1, 0.15) is 5.75 Å². The van der Waals surface area contributed by atoms with Crippen molar-refractivity contribution in [2.24, 2.45) is 0 Å². The van der Waals surface area contributed by atoms with E-state index >= 15 is 0 Å². The molecule has 2 rings (SSSR count). The van der Waals surface area contributed by atoms with Gasteiger partial charge in [0.2, 0.25) is 10.0 Å². The van der Waals surface area contributed by atoms with Crippen LogP contribution in [0.2, 0.25) is 0 Å². The number of rotatable bonds is 7. The third kappa shape index (κ3) is 5.87. The van der Waals surface area contributed by atoms with Crippen molar-refractivity contribution in [2.45, 2.75) is 18.7 Å². The Bertz CT molecular complexity index is 991. The minimum atomic E-state index is -3.52. The van der Waals surface area contributed by atoms with E-state index in [1.165, 1.54) is 16.4 Å². The number of ether oxygens (including phenoxy) is 1. The van der Waals surface area contributed by atoms with Gasteiger partial charge < -0.3 is 10.1 Å². The number of hydrogen-bond donors (Lipinski definition) is 2. The molecular weight excluding hydrogens is 525 g/mol. The van der Waals surface area contributed by atoms with Crippen LogP contribution in [0.1, 0.15) is 24.2 Å². The lowest BCUT2D eigenvalue weighted by Gasteiger charge is -2.18. The van der Waals surface area contributed by atoms with Gasteiger partial charge in [0.15, 0.2) is 5.11 Å². The minimum Gasteiger partial charge on any atom is -0.496 e. The number of amides is 1. The second kappa shape index (κ2) is 10.3. The average molecular weight is 547 g/mol. The SMILES string of the molecule is CCN(CC)S(=O)(=O)c1ccc(NC(=S)NC(=O)c2ccc(OC)c(I)c2)cc1. The molecule has 0 aliphatic rings. The summed E-state index contributed by atoms with van der Waals surface area (Å²) in [4.78, 5) is 12.6. The number of nitrogens with zero attached hydrogens (tertiary/aromatic N) is 1. The minimum absolute atomic E-state index is 0.111. The van der Waals surface area contributed by atoms with Crippen molar-refractivity contribution in [3.63, 3.8) is 0 Å². The number of sulfonamides is 1. The monoisotopic (exact) mass is 547 g/mol. The topological polar surface area (TPSA) is 87.7 Å². The third-order valence-corrected chi connectivity index (χ3v) is 7.21. The van der Waals surface area contributed by atoms with Crippen LogP contribution in [0.3, 0.4) is 0 Å². The first-order chi connectivity index (χ1) is 13.7. The van der Waals surface area contributed by atoms with E-state index in [1.54, 1.807) is 51.3 Å². The molecule has 2 aromatic carbocycles. The standard InChI is InChI=1S/C19H22IN3O4S2/c1-4-23(5-2)29(25,26)15-9-7-14(8-10-15)21-19(28)22-18(24)13-6-11-17(27-3)16(20)12-13/h6-12H,4-5H2,1-3H3,(H2,21,22,24,28). The Morgan fingerprint density at radius 1 is 1.14 bits per heavy atom. The molecule has 10 heteroatoms. The van der Waals surface area contributed by atoms with Crippen molar-refractivity contribution >= 4 is 61.5 Å². The lowest BCUT2D eigenvalue weighted by molar-refractivity contribution is 0.0977. The smallest absolute Gasteiger partial charge is 0.257 e. The van der Waals surface area contributed by atoms with Crippen LogP contribution in [0.5, 0.6) is 5.75 Å². The molecule has 0 atom stereocenters. The molecule has 0 radical (unpaired) electrons. The van der Waals surface area contributed by atoms with E-state index in [0.717, 1.165) is 3.57 Å². The molecule has 0 aromatic heterocycles. The van der Waals surface area contributed by atoms with Crippen LogP contribution >= 0.6 is 34.8 Å². The summed E-state index contributed by atoms with van der Waals surface area (Å²) in [5.74, 6) is 0.325. The van der Waals surface area contributed by atoms with Gasteiger partial charge in [0.25, 0.3) is 5.91 Å². The summed E-state index contributed by atoms with van der Waals surface area (Å²) in [7, 11) is -1.96. The van der Waals surface area contributed by atoms with Gasteiger partial charge in [0, 0.05) is 24.3 Å². The second-order valence-electron chi connectivity index (χ2n) is 5.87. The number of carbonyl (C=O) groups excluding carboxylic acids is 1. The molecule has 2 N–H and O–H groups in total. The Hall–Kier alpha value is -1.76. The Balaban J connectivity index is 2.04. The zero-order valence-electron chi connectivity index (χ0n) is 16.2. The van der Waals surface area contributed by atoms with E-state index in [4.69, 9.17) is 17.0 Å². The lowest BCUT2D eigenvalue weighted by atomic mass is 10.2. The highest BCUT2D eigenvalue weighted by molar-refractivity contribution is 14.1. The summed E-state index contributed by atoms with van der Waals surface area (Å²) in [6.45, 7) is 4.39. The first kappa shape index (κ1) is 23.5. The summed E-state index contributed by atoms with van der Waals surface area (Å²) in [5, 5.41) is 5.59. The first-order valence-electron chi connectivity index (χ1n) is 8.79. The quantitative estimate of drug-likeness (QED) is 0.408. The summed E-state index contributed by atoms with van der Waals surface area (Å²) < 4.78 is 32.4. The van der Waals surface area contributed by atoms with Crippen LogP contribution in [0, 0.1) is 3.57 Å². The van der Waals surface area contributed by atoms with Crippen molar-refractivity contribution in [3.05, 3.63) is 51.6 Å². The molecule has 7 nitrogen and oxygen atoms in total. The van der Waals surface area contributed by atoms with E-state index in [0.29, 0.717) is 30.1 Å². The molecule has 0 spiro atoms. The lowest BCUT2D eigenvalue weighted by Crippen LogP contribution is -2.34. The highest BCUT2D eigenvalue weighted by atomic mass is 127. The van der Waals surface area contributed by atoms with E-state index in [1.807, 2.05) is 0 Å². The summed E-state index contributed by atoms with van der Waals surface area (Å²) in [6.07, 6.45) is 0. The van der Waals surface area contributed by atoms with Crippen molar-refractivity contribution in [2.75, 3.05) is 25.5 Å².